The highest BCUT2D eigenvalue weighted by molar-refractivity contribution is 7.18. The van der Waals surface area contributed by atoms with Crippen LogP contribution in [0, 0.1) is 6.92 Å². The molecule has 142 valence electrons. The molecule has 0 fully saturated rings. The van der Waals surface area contributed by atoms with Crippen molar-refractivity contribution in [2.75, 3.05) is 17.2 Å². The lowest BCUT2D eigenvalue weighted by Gasteiger charge is -2.08. The number of nitrogens with two attached hydrogens (primary N) is 1. The van der Waals surface area contributed by atoms with Gasteiger partial charge in [-0.25, -0.2) is 4.79 Å². The number of rotatable bonds is 6. The van der Waals surface area contributed by atoms with Gasteiger partial charge in [0.05, 0.1) is 17.0 Å². The van der Waals surface area contributed by atoms with E-state index in [0.29, 0.717) is 11.3 Å². The Hall–Kier alpha value is -3.20. The molecule has 1 aromatic heterocycles. The second-order valence-corrected chi connectivity index (χ2v) is 6.58. The average Bonchev–Trinajstić information content (AvgIpc) is 2.91. The van der Waals surface area contributed by atoms with Crippen molar-refractivity contribution in [2.24, 2.45) is 5.73 Å². The van der Waals surface area contributed by atoms with Gasteiger partial charge in [-0.05, 0) is 37.6 Å². The summed E-state index contributed by atoms with van der Waals surface area (Å²) in [5, 5.41) is 5.38. The molecular weight excluding hydrogens is 370 g/mol. The van der Waals surface area contributed by atoms with Gasteiger partial charge >= 0.3 is 5.97 Å². The maximum atomic E-state index is 12.6. The van der Waals surface area contributed by atoms with Gasteiger partial charge in [0, 0.05) is 18.2 Å². The Morgan fingerprint density at radius 1 is 1.19 bits per heavy atom. The fourth-order valence-electron chi connectivity index (χ4n) is 2.40. The second kappa shape index (κ2) is 8.45. The van der Waals surface area contributed by atoms with Gasteiger partial charge < -0.3 is 21.1 Å². The summed E-state index contributed by atoms with van der Waals surface area (Å²) in [6, 6.07) is 6.31. The Kier molecular flexibility index (Phi) is 6.30. The van der Waals surface area contributed by atoms with Crippen LogP contribution in [0.5, 0.6) is 0 Å². The molecule has 0 aliphatic carbocycles. The first-order valence-corrected chi connectivity index (χ1v) is 8.85. The summed E-state index contributed by atoms with van der Waals surface area (Å²) in [5.41, 5.74) is 6.53. The van der Waals surface area contributed by atoms with E-state index < -0.39 is 17.8 Å². The number of ether oxygens (including phenoxy) is 1. The van der Waals surface area contributed by atoms with Crippen molar-refractivity contribution in [2.45, 2.75) is 20.8 Å². The van der Waals surface area contributed by atoms with E-state index in [2.05, 4.69) is 10.6 Å². The van der Waals surface area contributed by atoms with Crippen molar-refractivity contribution in [3.8, 4) is 0 Å². The molecule has 1 heterocycles. The van der Waals surface area contributed by atoms with Crippen LogP contribution in [-0.4, -0.2) is 30.3 Å². The fourth-order valence-corrected chi connectivity index (χ4v) is 3.44. The largest absolute Gasteiger partial charge is 0.462 e. The zero-order valence-electron chi connectivity index (χ0n) is 15.0. The summed E-state index contributed by atoms with van der Waals surface area (Å²) in [7, 11) is 0. The van der Waals surface area contributed by atoms with Crippen LogP contribution in [0.15, 0.2) is 24.3 Å². The monoisotopic (exact) mass is 389 g/mol. The van der Waals surface area contributed by atoms with E-state index in [9.17, 15) is 19.2 Å². The van der Waals surface area contributed by atoms with E-state index >= 15 is 0 Å². The summed E-state index contributed by atoms with van der Waals surface area (Å²) in [6.07, 6.45) is 0. The zero-order chi connectivity index (χ0) is 20.1. The third-order valence-electron chi connectivity index (χ3n) is 3.52. The van der Waals surface area contributed by atoms with Gasteiger partial charge in [-0.15, -0.1) is 11.3 Å². The Morgan fingerprint density at radius 2 is 1.89 bits per heavy atom. The van der Waals surface area contributed by atoms with Crippen LogP contribution < -0.4 is 16.4 Å². The third kappa shape index (κ3) is 4.70. The molecule has 0 radical (unpaired) electrons. The van der Waals surface area contributed by atoms with E-state index in [1.165, 1.54) is 13.0 Å². The van der Waals surface area contributed by atoms with Crippen LogP contribution >= 0.6 is 11.3 Å². The number of anilines is 2. The number of benzene rings is 1. The number of primary amides is 1. The van der Waals surface area contributed by atoms with Crippen molar-refractivity contribution in [3.05, 3.63) is 45.8 Å². The minimum atomic E-state index is -0.698. The maximum Gasteiger partial charge on any atom is 0.341 e. The minimum absolute atomic E-state index is 0.0991. The summed E-state index contributed by atoms with van der Waals surface area (Å²) in [5.74, 6) is -2.13. The Morgan fingerprint density at radius 3 is 2.48 bits per heavy atom. The molecule has 0 aliphatic heterocycles. The number of esters is 1. The number of hydrogen-bond donors (Lipinski definition) is 3. The van der Waals surface area contributed by atoms with Crippen LogP contribution in [-0.2, 0) is 9.53 Å². The van der Waals surface area contributed by atoms with Crippen LogP contribution in [0.2, 0.25) is 0 Å². The first-order chi connectivity index (χ1) is 12.7. The number of carbonyl (C=O) groups excluding carboxylic acids is 4. The van der Waals surface area contributed by atoms with E-state index in [1.807, 2.05) is 0 Å². The molecule has 9 heteroatoms. The van der Waals surface area contributed by atoms with Gasteiger partial charge in [0.15, 0.2) is 0 Å². The number of nitrogens with one attached hydrogen (secondary N) is 2. The second-order valence-electron chi connectivity index (χ2n) is 5.56. The fraction of sp³-hybridized carbons (Fsp3) is 0.222. The Balaban J connectivity index is 2.37. The summed E-state index contributed by atoms with van der Waals surface area (Å²) in [6.45, 7) is 4.72. The van der Waals surface area contributed by atoms with Crippen LogP contribution in [0.4, 0.5) is 10.7 Å². The van der Waals surface area contributed by atoms with Crippen molar-refractivity contribution in [1.29, 1.82) is 0 Å². The lowest BCUT2D eigenvalue weighted by atomic mass is 10.1. The van der Waals surface area contributed by atoms with Crippen molar-refractivity contribution < 1.29 is 23.9 Å². The van der Waals surface area contributed by atoms with Gasteiger partial charge in [0.25, 0.3) is 11.8 Å². The van der Waals surface area contributed by atoms with Crippen LogP contribution in [0.3, 0.4) is 0 Å². The molecule has 0 unspecified atom stereocenters. The Bertz CT molecular complexity index is 920. The molecule has 1 aromatic carbocycles. The molecule has 0 spiro atoms. The highest BCUT2D eigenvalue weighted by Crippen LogP contribution is 2.34. The van der Waals surface area contributed by atoms with Crippen LogP contribution in [0.1, 0.15) is 49.8 Å². The van der Waals surface area contributed by atoms with E-state index in [4.69, 9.17) is 10.5 Å². The van der Waals surface area contributed by atoms with Crippen LogP contribution in [0.25, 0.3) is 0 Å². The van der Waals surface area contributed by atoms with Crippen molar-refractivity contribution in [3.63, 3.8) is 0 Å². The maximum absolute atomic E-state index is 12.6. The molecular formula is C18H19N3O5S. The van der Waals surface area contributed by atoms with E-state index in [0.717, 1.165) is 11.3 Å². The molecule has 0 bridgehead atoms. The highest BCUT2D eigenvalue weighted by atomic mass is 32.1. The zero-order valence-corrected chi connectivity index (χ0v) is 15.9. The number of thiophene rings is 1. The predicted octanol–water partition coefficient (Wildman–Crippen LogP) is 2.54. The van der Waals surface area contributed by atoms with Crippen molar-refractivity contribution >= 4 is 45.7 Å². The predicted molar refractivity (Wildman–Crippen MR) is 102 cm³/mol. The molecule has 3 amide bonds. The van der Waals surface area contributed by atoms with Gasteiger partial charge in [-0.2, -0.15) is 0 Å². The summed E-state index contributed by atoms with van der Waals surface area (Å²) < 4.78 is 5.01. The minimum Gasteiger partial charge on any atom is -0.462 e. The molecule has 0 atom stereocenters. The standard InChI is InChI=1S/C18H19N3O5S/c1-4-26-18(25)13-9(2)14(15(19)23)27-17(13)21-16(24)11-6-5-7-12(8-11)20-10(3)22/h5-8H,4H2,1-3H3,(H2,19,23)(H,20,22)(H,21,24). The van der Waals surface area contributed by atoms with E-state index in [-0.39, 0.29) is 33.5 Å². The molecule has 8 nitrogen and oxygen atoms in total. The quantitative estimate of drug-likeness (QED) is 0.654. The SMILES string of the molecule is CCOC(=O)c1c(NC(=O)c2cccc(NC(C)=O)c2)sc(C(N)=O)c1C. The highest BCUT2D eigenvalue weighted by Gasteiger charge is 2.26. The van der Waals surface area contributed by atoms with Gasteiger partial charge in [-0.3, -0.25) is 14.4 Å². The summed E-state index contributed by atoms with van der Waals surface area (Å²) >= 11 is 0.909. The van der Waals surface area contributed by atoms with Gasteiger partial charge in [-0.1, -0.05) is 6.07 Å². The van der Waals surface area contributed by atoms with E-state index in [1.54, 1.807) is 32.0 Å². The molecule has 0 aliphatic rings. The summed E-state index contributed by atoms with van der Waals surface area (Å²) in [4.78, 5) is 47.8. The first kappa shape index (κ1) is 20.1. The third-order valence-corrected chi connectivity index (χ3v) is 4.74. The number of amides is 3. The molecule has 2 aromatic rings. The number of carbonyl (C=O) groups is 4. The topological polar surface area (TPSA) is 128 Å². The molecule has 2 rings (SSSR count). The molecule has 4 N–H and O–H groups in total. The normalized spacial score (nSPS) is 10.2. The van der Waals surface area contributed by atoms with Crippen molar-refractivity contribution in [1.82, 2.24) is 0 Å². The lowest BCUT2D eigenvalue weighted by molar-refractivity contribution is -0.114. The lowest BCUT2D eigenvalue weighted by Crippen LogP contribution is -2.15. The Labute approximate surface area is 159 Å². The molecule has 27 heavy (non-hydrogen) atoms. The first-order valence-electron chi connectivity index (χ1n) is 8.03. The number of hydrogen-bond acceptors (Lipinski definition) is 6. The smallest absolute Gasteiger partial charge is 0.341 e. The molecule has 0 saturated heterocycles. The average molecular weight is 389 g/mol. The van der Waals surface area contributed by atoms with Gasteiger partial charge in [0.2, 0.25) is 5.91 Å². The van der Waals surface area contributed by atoms with Gasteiger partial charge in [0.1, 0.15) is 5.00 Å². The molecule has 0 saturated carbocycles.